The lowest BCUT2D eigenvalue weighted by Crippen LogP contribution is -2.55. The van der Waals surface area contributed by atoms with Crippen LogP contribution in [0.2, 0.25) is 0 Å². The highest BCUT2D eigenvalue weighted by atomic mass is 35.5. The molecule has 4 fully saturated rings. The molecule has 4 aliphatic carbocycles. The second-order valence-corrected chi connectivity index (χ2v) is 6.55. The molecule has 0 aromatic heterocycles. The minimum atomic E-state index is -0.270. The van der Waals surface area contributed by atoms with Gasteiger partial charge in [-0.3, -0.25) is 4.79 Å². The lowest BCUT2D eigenvalue weighted by molar-refractivity contribution is -0.125. The van der Waals surface area contributed by atoms with E-state index in [1.54, 1.807) is 0 Å². The first-order valence-electron chi connectivity index (χ1n) is 5.47. The average Bonchev–Trinajstić information content (AvgIpc) is 1.97. The zero-order chi connectivity index (χ0) is 9.92. The van der Waals surface area contributed by atoms with Crippen molar-refractivity contribution in [3.05, 3.63) is 0 Å². The first-order valence-corrected chi connectivity index (χ1v) is 6.22. The summed E-state index contributed by atoms with van der Waals surface area (Å²) in [4.78, 5) is 11.1. The summed E-state index contributed by atoms with van der Waals surface area (Å²) in [5.41, 5.74) is 0. The van der Waals surface area contributed by atoms with Crippen LogP contribution in [0.15, 0.2) is 0 Å². The SMILES string of the molecule is O=C(Cl)C1C2CC3CC(C2)CC1(Cl)C3. The first-order chi connectivity index (χ1) is 6.58. The molecule has 0 heterocycles. The molecule has 3 heteroatoms. The number of alkyl halides is 1. The molecule has 0 aliphatic heterocycles. The highest BCUT2D eigenvalue weighted by Gasteiger charge is 2.58. The summed E-state index contributed by atoms with van der Waals surface area (Å²) in [6.07, 6.45) is 5.76. The summed E-state index contributed by atoms with van der Waals surface area (Å²) >= 11 is 12.3. The van der Waals surface area contributed by atoms with Gasteiger partial charge in [0.1, 0.15) is 0 Å². The van der Waals surface area contributed by atoms with E-state index in [2.05, 4.69) is 0 Å². The van der Waals surface area contributed by atoms with Crippen LogP contribution in [0.1, 0.15) is 32.1 Å². The maximum atomic E-state index is 11.4. The zero-order valence-electron chi connectivity index (χ0n) is 8.01. The van der Waals surface area contributed by atoms with Gasteiger partial charge in [0.25, 0.3) is 0 Å². The predicted molar refractivity (Wildman–Crippen MR) is 56.5 cm³/mol. The molecule has 0 aromatic rings. The molecule has 3 unspecified atom stereocenters. The molecular formula is C11H14Cl2O. The number of carbonyl (C=O) groups is 1. The molecule has 0 N–H and O–H groups in total. The Morgan fingerprint density at radius 2 is 1.71 bits per heavy atom. The van der Waals surface area contributed by atoms with Crippen LogP contribution in [0, 0.1) is 23.7 Å². The van der Waals surface area contributed by atoms with E-state index in [1.807, 2.05) is 0 Å². The van der Waals surface area contributed by atoms with Crippen molar-refractivity contribution in [2.75, 3.05) is 0 Å². The molecule has 0 amide bonds. The highest BCUT2D eigenvalue weighted by molar-refractivity contribution is 6.64. The number of halogens is 2. The molecule has 1 nitrogen and oxygen atoms in total. The highest BCUT2D eigenvalue weighted by Crippen LogP contribution is 2.61. The maximum Gasteiger partial charge on any atom is 0.226 e. The van der Waals surface area contributed by atoms with Gasteiger partial charge in [-0.15, -0.1) is 11.6 Å². The van der Waals surface area contributed by atoms with Crippen LogP contribution >= 0.6 is 23.2 Å². The van der Waals surface area contributed by atoms with E-state index in [0.29, 0.717) is 5.92 Å². The summed E-state index contributed by atoms with van der Waals surface area (Å²) in [7, 11) is 0. The van der Waals surface area contributed by atoms with Crippen molar-refractivity contribution in [3.63, 3.8) is 0 Å². The van der Waals surface area contributed by atoms with Crippen LogP contribution < -0.4 is 0 Å². The van der Waals surface area contributed by atoms with Gasteiger partial charge >= 0.3 is 0 Å². The third kappa shape index (κ3) is 1.18. The fraction of sp³-hybridized carbons (Fsp3) is 0.909. The van der Waals surface area contributed by atoms with E-state index in [1.165, 1.54) is 19.3 Å². The van der Waals surface area contributed by atoms with E-state index in [-0.39, 0.29) is 16.0 Å². The Bertz CT molecular complexity index is 275. The molecule has 0 aromatic carbocycles. The van der Waals surface area contributed by atoms with E-state index in [0.717, 1.165) is 24.7 Å². The zero-order valence-corrected chi connectivity index (χ0v) is 9.52. The van der Waals surface area contributed by atoms with Crippen molar-refractivity contribution in [1.82, 2.24) is 0 Å². The summed E-state index contributed by atoms with van der Waals surface area (Å²) in [5.74, 6) is 1.98. The quantitative estimate of drug-likeness (QED) is 0.502. The molecule has 14 heavy (non-hydrogen) atoms. The third-order valence-corrected chi connectivity index (χ3v) is 5.25. The molecule has 0 radical (unpaired) electrons. The second-order valence-electron chi connectivity index (χ2n) is 5.42. The molecule has 78 valence electrons. The molecule has 4 saturated carbocycles. The molecule has 4 bridgehead atoms. The van der Waals surface area contributed by atoms with Gasteiger partial charge in [0.2, 0.25) is 5.24 Å². The van der Waals surface area contributed by atoms with Crippen molar-refractivity contribution in [3.8, 4) is 0 Å². The minimum Gasteiger partial charge on any atom is -0.281 e. The second kappa shape index (κ2) is 2.89. The van der Waals surface area contributed by atoms with E-state index in [4.69, 9.17) is 23.2 Å². The molecule has 4 rings (SSSR count). The summed E-state index contributed by atoms with van der Waals surface area (Å²) < 4.78 is 0. The average molecular weight is 233 g/mol. The van der Waals surface area contributed by atoms with Crippen molar-refractivity contribution in [2.45, 2.75) is 37.0 Å². The van der Waals surface area contributed by atoms with Gasteiger partial charge in [0.15, 0.2) is 0 Å². The normalized spacial score (nSPS) is 55.0. The topological polar surface area (TPSA) is 17.1 Å². The van der Waals surface area contributed by atoms with Gasteiger partial charge in [-0.2, -0.15) is 0 Å². The van der Waals surface area contributed by atoms with Gasteiger partial charge in [0.05, 0.1) is 10.8 Å². The third-order valence-electron chi connectivity index (χ3n) is 4.47. The number of hydrogen-bond donors (Lipinski definition) is 0. The summed E-state index contributed by atoms with van der Waals surface area (Å²) in [5, 5.41) is -0.191. The number of rotatable bonds is 1. The fourth-order valence-electron chi connectivity index (χ4n) is 4.33. The maximum absolute atomic E-state index is 11.4. The van der Waals surface area contributed by atoms with E-state index in [9.17, 15) is 4.79 Å². The molecule has 4 aliphatic rings. The lowest BCUT2D eigenvalue weighted by Gasteiger charge is -2.57. The van der Waals surface area contributed by atoms with Crippen LogP contribution in [-0.2, 0) is 4.79 Å². The van der Waals surface area contributed by atoms with Gasteiger partial charge in [-0.05, 0) is 61.5 Å². The number of carbonyl (C=O) groups excluding carboxylic acids is 1. The van der Waals surface area contributed by atoms with Crippen LogP contribution in [0.4, 0.5) is 0 Å². The summed E-state index contributed by atoms with van der Waals surface area (Å²) in [6, 6.07) is 0. The largest absolute Gasteiger partial charge is 0.281 e. The Hall–Kier alpha value is 0.250. The number of hydrogen-bond acceptors (Lipinski definition) is 1. The minimum absolute atomic E-state index is 0.0568. The van der Waals surface area contributed by atoms with Crippen LogP contribution in [-0.4, -0.2) is 10.1 Å². The van der Waals surface area contributed by atoms with Gasteiger partial charge in [-0.25, -0.2) is 0 Å². The summed E-state index contributed by atoms with van der Waals surface area (Å²) in [6.45, 7) is 0. The van der Waals surface area contributed by atoms with Gasteiger partial charge in [-0.1, -0.05) is 0 Å². The fourth-order valence-corrected chi connectivity index (χ4v) is 5.49. The van der Waals surface area contributed by atoms with Crippen LogP contribution in [0.5, 0.6) is 0 Å². The molecule has 0 spiro atoms. The van der Waals surface area contributed by atoms with Crippen molar-refractivity contribution in [2.24, 2.45) is 23.7 Å². The van der Waals surface area contributed by atoms with Gasteiger partial charge in [0, 0.05) is 0 Å². The monoisotopic (exact) mass is 232 g/mol. The standard InChI is InChI=1S/C11H14Cl2O/c12-10(14)9-8-2-6-1-7(3-8)5-11(9,13)4-6/h6-9H,1-5H2. The van der Waals surface area contributed by atoms with E-state index >= 15 is 0 Å². The Morgan fingerprint density at radius 1 is 1.14 bits per heavy atom. The first kappa shape index (κ1) is 9.47. The smallest absolute Gasteiger partial charge is 0.226 e. The van der Waals surface area contributed by atoms with Crippen molar-refractivity contribution in [1.29, 1.82) is 0 Å². The molecule has 0 saturated heterocycles. The van der Waals surface area contributed by atoms with Gasteiger partial charge < -0.3 is 0 Å². The predicted octanol–water partition coefficient (Wildman–Crippen LogP) is 3.19. The molecule has 3 atom stereocenters. The van der Waals surface area contributed by atoms with Crippen molar-refractivity contribution >= 4 is 28.4 Å². The Labute approximate surface area is 94.1 Å². The Balaban J connectivity index is 1.97. The molecular weight excluding hydrogens is 219 g/mol. The van der Waals surface area contributed by atoms with Crippen LogP contribution in [0.25, 0.3) is 0 Å². The Kier molecular flexibility index (Phi) is 1.95. The lowest BCUT2D eigenvalue weighted by atomic mass is 9.51. The van der Waals surface area contributed by atoms with E-state index < -0.39 is 0 Å². The van der Waals surface area contributed by atoms with Crippen LogP contribution in [0.3, 0.4) is 0 Å². The Morgan fingerprint density at radius 3 is 2.14 bits per heavy atom. The van der Waals surface area contributed by atoms with Crippen molar-refractivity contribution < 1.29 is 4.79 Å².